The Kier molecular flexibility index (Phi) is 7.69. The maximum Gasteiger partial charge on any atom is 0.183 e. The van der Waals surface area contributed by atoms with Crippen molar-refractivity contribution in [3.63, 3.8) is 0 Å². The summed E-state index contributed by atoms with van der Waals surface area (Å²) in [4.78, 5) is 16.7. The number of nitrogens with two attached hydrogens (primary N) is 1. The minimum absolute atomic E-state index is 0.153. The fourth-order valence-corrected chi connectivity index (χ4v) is 6.67. The molecule has 4 aliphatic rings. The van der Waals surface area contributed by atoms with Crippen molar-refractivity contribution in [2.75, 3.05) is 11.1 Å². The van der Waals surface area contributed by atoms with Crippen molar-refractivity contribution < 1.29 is 29.2 Å². The Bertz CT molecular complexity index is 1540. The molecule has 4 fully saturated rings. The van der Waals surface area contributed by atoms with Gasteiger partial charge in [-0.15, -0.1) is 5.10 Å². The van der Waals surface area contributed by atoms with Gasteiger partial charge >= 0.3 is 0 Å². The van der Waals surface area contributed by atoms with Crippen molar-refractivity contribution >= 4 is 45.9 Å². The number of ether oxygens (including phenoxy) is 4. The average Bonchev–Trinajstić information content (AvgIpc) is 3.67. The molecule has 0 spiro atoms. The van der Waals surface area contributed by atoms with Gasteiger partial charge in [0.1, 0.15) is 41.8 Å². The van der Waals surface area contributed by atoms with E-state index >= 15 is 0 Å². The number of nitrogen functional groups attached to an aromatic ring is 1. The van der Waals surface area contributed by atoms with Crippen molar-refractivity contribution in [2.45, 2.75) is 115 Å². The van der Waals surface area contributed by atoms with E-state index in [2.05, 4.69) is 35.6 Å². The standard InChI is InChI=1S/C13H16ClN5O3.C13H19ClN4O3/c1-5-15-11(14)8-12(16-5)19(18-17-8)6-4-7(20)10-9(6)21-13(2,3)22-10;1-5-16-11(14)8(15)12(17-5)18-6-4-7(19)10-9(6)20-13(2,3)21-10/h6-7,9-10,20H,4H2,1-3H3;6-7,9-10,19H,4,15H2,1-3H3,(H,16,17,18)/t2*6-,7+,9+,10-/m11/s1. The van der Waals surface area contributed by atoms with Gasteiger partial charge in [-0.2, -0.15) is 0 Å². The summed E-state index contributed by atoms with van der Waals surface area (Å²) in [5.41, 5.74) is 7.18. The Morgan fingerprint density at radius 3 is 2.07 bits per heavy atom. The number of nitrogens with zero attached hydrogens (tertiary/aromatic N) is 7. The highest BCUT2D eigenvalue weighted by Gasteiger charge is 2.55. The van der Waals surface area contributed by atoms with E-state index in [0.29, 0.717) is 47.2 Å². The Morgan fingerprint density at radius 2 is 1.37 bits per heavy atom. The van der Waals surface area contributed by atoms with E-state index in [4.69, 9.17) is 47.9 Å². The lowest BCUT2D eigenvalue weighted by Gasteiger charge is -2.23. The quantitative estimate of drug-likeness (QED) is 0.304. The summed E-state index contributed by atoms with van der Waals surface area (Å²) in [5.74, 6) is 0.0875. The summed E-state index contributed by atoms with van der Waals surface area (Å²) in [6.07, 6.45) is -1.54. The molecule has 2 aliphatic heterocycles. The average molecular weight is 641 g/mol. The van der Waals surface area contributed by atoms with Gasteiger partial charge < -0.3 is 40.2 Å². The SMILES string of the molecule is Cc1nc(Cl)c(N)c(N[C@@H]2C[C@H](O)[C@H]3OC(C)(C)O[C@H]32)n1.Cc1nc(Cl)c2nnn([C@@H]3C[C@H](O)[C@H]4OC(C)(C)O[C@H]43)c2n1. The van der Waals surface area contributed by atoms with Crippen LogP contribution < -0.4 is 11.1 Å². The van der Waals surface area contributed by atoms with Crippen LogP contribution in [0.5, 0.6) is 0 Å². The summed E-state index contributed by atoms with van der Waals surface area (Å²) in [7, 11) is 0. The van der Waals surface area contributed by atoms with Crippen molar-refractivity contribution in [3.8, 4) is 0 Å². The van der Waals surface area contributed by atoms with Crippen LogP contribution in [-0.4, -0.2) is 99.4 Å². The topological polar surface area (TPSA) is 198 Å². The second kappa shape index (κ2) is 10.8. The zero-order valence-electron chi connectivity index (χ0n) is 24.5. The molecule has 0 unspecified atom stereocenters. The summed E-state index contributed by atoms with van der Waals surface area (Å²) in [5, 5.41) is 32.3. The number of hydrogen-bond acceptors (Lipinski definition) is 14. The van der Waals surface area contributed by atoms with Crippen LogP contribution in [0.25, 0.3) is 11.2 Å². The Hall–Kier alpha value is -2.50. The Balaban J connectivity index is 0.000000153. The first-order valence-corrected chi connectivity index (χ1v) is 14.8. The molecule has 15 nitrogen and oxygen atoms in total. The van der Waals surface area contributed by atoms with E-state index < -0.39 is 23.8 Å². The number of nitrogens with one attached hydrogen (secondary N) is 1. The van der Waals surface area contributed by atoms with E-state index in [9.17, 15) is 10.2 Å². The lowest BCUT2D eigenvalue weighted by molar-refractivity contribution is -0.165. The molecule has 234 valence electrons. The highest BCUT2D eigenvalue weighted by molar-refractivity contribution is 6.33. The molecule has 2 saturated heterocycles. The number of anilines is 2. The van der Waals surface area contributed by atoms with E-state index in [-0.39, 0.29) is 46.8 Å². The van der Waals surface area contributed by atoms with Crippen molar-refractivity contribution in [3.05, 3.63) is 22.0 Å². The molecule has 0 amide bonds. The summed E-state index contributed by atoms with van der Waals surface area (Å²) in [6, 6.07) is -0.364. The molecule has 8 atom stereocenters. The van der Waals surface area contributed by atoms with E-state index in [1.165, 1.54) is 0 Å². The number of aromatic nitrogens is 7. The predicted molar refractivity (Wildman–Crippen MR) is 154 cm³/mol. The van der Waals surface area contributed by atoms with Crippen molar-refractivity contribution in [1.82, 2.24) is 34.9 Å². The minimum Gasteiger partial charge on any atom is -0.393 e. The number of aryl methyl sites for hydroxylation is 2. The van der Waals surface area contributed by atoms with E-state index in [0.717, 1.165) is 0 Å². The predicted octanol–water partition coefficient (Wildman–Crippen LogP) is 2.09. The molecule has 2 saturated carbocycles. The Labute approximate surface area is 257 Å². The fourth-order valence-electron chi connectivity index (χ4n) is 6.22. The zero-order chi connectivity index (χ0) is 31.0. The van der Waals surface area contributed by atoms with Crippen LogP contribution in [0.4, 0.5) is 11.5 Å². The van der Waals surface area contributed by atoms with Crippen LogP contribution in [0.15, 0.2) is 0 Å². The minimum atomic E-state index is -0.728. The van der Waals surface area contributed by atoms with Crippen LogP contribution >= 0.6 is 23.2 Å². The van der Waals surface area contributed by atoms with E-state index in [1.54, 1.807) is 18.5 Å². The smallest absolute Gasteiger partial charge is 0.183 e. The fraction of sp³-hybridized carbons (Fsp3) is 0.692. The number of halogens is 2. The maximum absolute atomic E-state index is 10.3. The number of fused-ring (bicyclic) bond motifs is 3. The second-order valence-corrected chi connectivity index (χ2v) is 12.9. The first-order valence-electron chi connectivity index (χ1n) is 14.0. The summed E-state index contributed by atoms with van der Waals surface area (Å²) in [6.45, 7) is 10.8. The highest BCUT2D eigenvalue weighted by Crippen LogP contribution is 2.44. The third-order valence-electron chi connectivity index (χ3n) is 7.88. The number of rotatable bonds is 3. The van der Waals surface area contributed by atoms with Crippen LogP contribution in [0.3, 0.4) is 0 Å². The number of hydrogen-bond donors (Lipinski definition) is 4. The molecule has 43 heavy (non-hydrogen) atoms. The Morgan fingerprint density at radius 1 is 0.814 bits per heavy atom. The van der Waals surface area contributed by atoms with Gasteiger partial charge in [0.05, 0.1) is 24.3 Å². The molecule has 5 N–H and O–H groups in total. The van der Waals surface area contributed by atoms with Gasteiger partial charge in [-0.1, -0.05) is 28.4 Å². The first-order chi connectivity index (χ1) is 20.1. The molecule has 0 radical (unpaired) electrons. The van der Waals surface area contributed by atoms with Crippen molar-refractivity contribution in [1.29, 1.82) is 0 Å². The second-order valence-electron chi connectivity index (χ2n) is 12.1. The van der Waals surface area contributed by atoms with Gasteiger partial charge in [-0.3, -0.25) is 0 Å². The molecule has 0 bridgehead atoms. The van der Waals surface area contributed by atoms with Crippen LogP contribution in [0, 0.1) is 13.8 Å². The number of aliphatic hydroxyl groups is 2. The molecular weight excluding hydrogens is 605 g/mol. The highest BCUT2D eigenvalue weighted by atomic mass is 35.5. The third kappa shape index (κ3) is 5.73. The van der Waals surface area contributed by atoms with Crippen molar-refractivity contribution in [2.24, 2.45) is 0 Å². The summed E-state index contributed by atoms with van der Waals surface area (Å²) < 4.78 is 25.0. The van der Waals surface area contributed by atoms with Gasteiger partial charge in [0.15, 0.2) is 38.9 Å². The molecule has 17 heteroatoms. The van der Waals surface area contributed by atoms with Gasteiger partial charge in [-0.05, 0) is 48.0 Å². The third-order valence-corrected chi connectivity index (χ3v) is 8.43. The first kappa shape index (κ1) is 30.5. The molecule has 3 aromatic heterocycles. The van der Waals surface area contributed by atoms with Gasteiger partial charge in [0.25, 0.3) is 0 Å². The monoisotopic (exact) mass is 639 g/mol. The van der Waals surface area contributed by atoms with E-state index in [1.807, 2.05) is 27.7 Å². The van der Waals surface area contributed by atoms with Crippen LogP contribution in [-0.2, 0) is 18.9 Å². The number of aliphatic hydroxyl groups excluding tert-OH is 2. The molecular formula is C26H35Cl2N9O6. The molecule has 3 aromatic rings. The molecule has 2 aliphatic carbocycles. The summed E-state index contributed by atoms with van der Waals surface area (Å²) >= 11 is 12.1. The lowest BCUT2D eigenvalue weighted by atomic mass is 10.2. The van der Waals surface area contributed by atoms with Gasteiger partial charge in [0, 0.05) is 6.42 Å². The van der Waals surface area contributed by atoms with Crippen LogP contribution in [0.2, 0.25) is 10.3 Å². The van der Waals surface area contributed by atoms with Crippen LogP contribution in [0.1, 0.15) is 58.2 Å². The largest absolute Gasteiger partial charge is 0.393 e. The van der Waals surface area contributed by atoms with Gasteiger partial charge in [-0.25, -0.2) is 24.6 Å². The van der Waals surface area contributed by atoms with Gasteiger partial charge in [0.2, 0.25) is 0 Å². The zero-order valence-corrected chi connectivity index (χ0v) is 26.0. The lowest BCUT2D eigenvalue weighted by Crippen LogP contribution is -2.35. The molecule has 5 heterocycles. The normalized spacial score (nSPS) is 33.7. The molecule has 0 aromatic carbocycles. The maximum atomic E-state index is 10.3. The molecule has 7 rings (SSSR count).